The van der Waals surface area contributed by atoms with Gasteiger partial charge in [0.2, 0.25) is 0 Å². The molecule has 0 aliphatic heterocycles. The monoisotopic (exact) mass is 383 g/mol. The maximum atomic E-state index is 6.01. The van der Waals surface area contributed by atoms with Crippen LogP contribution in [0.3, 0.4) is 0 Å². The van der Waals surface area contributed by atoms with Crippen LogP contribution in [0.2, 0.25) is 5.02 Å². The Hall–Kier alpha value is -2.10. The lowest BCUT2D eigenvalue weighted by molar-refractivity contribution is -0.00000425. The Labute approximate surface area is 150 Å². The number of hydrogen-bond acceptors (Lipinski definition) is 1. The molecule has 0 N–H and O–H groups in total. The number of imidazole rings is 1. The normalized spacial score (nSPS) is 10.5. The number of hydrogen-bond donors (Lipinski definition) is 0. The molecule has 0 aliphatic rings. The summed E-state index contributed by atoms with van der Waals surface area (Å²) in [5.41, 5.74) is 5.32. The van der Waals surface area contributed by atoms with Crippen molar-refractivity contribution >= 4 is 17.2 Å². The van der Waals surface area contributed by atoms with Crippen LogP contribution in [0.1, 0.15) is 0 Å². The molecule has 0 aliphatic carbocycles. The molecule has 0 fully saturated rings. The Bertz CT molecular complexity index is 931. The number of pyridine rings is 1. The molecule has 23 heavy (non-hydrogen) atoms. The van der Waals surface area contributed by atoms with Gasteiger partial charge in [0.15, 0.2) is 0 Å². The summed E-state index contributed by atoms with van der Waals surface area (Å²) in [6.07, 6.45) is 3.94. The largest absolute Gasteiger partial charge is 1.00 e. The number of benzene rings is 2. The molecule has 2 nitrogen and oxygen atoms in total. The van der Waals surface area contributed by atoms with Gasteiger partial charge in [0.05, 0.1) is 5.69 Å². The Balaban J connectivity index is 0.00000156. The van der Waals surface area contributed by atoms with Crippen LogP contribution in [0.25, 0.3) is 28.0 Å². The van der Waals surface area contributed by atoms with Crippen LogP contribution in [-0.4, -0.2) is 9.38 Å². The highest BCUT2D eigenvalue weighted by Crippen LogP contribution is 2.25. The lowest BCUT2D eigenvalue weighted by Gasteiger charge is -2.02. The molecule has 0 radical (unpaired) electrons. The fourth-order valence-corrected chi connectivity index (χ4v) is 2.71. The molecule has 0 amide bonds. The fraction of sp³-hybridized carbons (Fsp3) is 0. The average Bonchev–Trinajstić information content (AvgIpc) is 2.99. The van der Waals surface area contributed by atoms with Crippen molar-refractivity contribution in [3.63, 3.8) is 0 Å². The van der Waals surface area contributed by atoms with E-state index in [0.29, 0.717) is 5.02 Å². The number of nitrogens with zero attached hydrogens (tertiary/aromatic N) is 2. The standard InChI is InChI=1S/C19H13ClN2.BrH/c20-17-10-11-22-13-18(21-19(22)12-17)16-8-6-15(7-9-16)14-4-2-1-3-5-14;/h1-13H;1H/p-1. The average molecular weight is 385 g/mol. The van der Waals surface area contributed by atoms with E-state index in [1.165, 1.54) is 11.1 Å². The molecule has 0 unspecified atom stereocenters. The summed E-state index contributed by atoms with van der Waals surface area (Å²) in [6.45, 7) is 0. The highest BCUT2D eigenvalue weighted by atomic mass is 79.9. The molecule has 4 rings (SSSR count). The number of halogens is 2. The van der Waals surface area contributed by atoms with Crippen molar-refractivity contribution in [2.45, 2.75) is 0 Å². The molecule has 114 valence electrons. The van der Waals surface area contributed by atoms with E-state index >= 15 is 0 Å². The van der Waals surface area contributed by atoms with E-state index in [1.54, 1.807) is 0 Å². The zero-order chi connectivity index (χ0) is 14.9. The maximum Gasteiger partial charge on any atom is 0.138 e. The third kappa shape index (κ3) is 3.16. The van der Waals surface area contributed by atoms with Crippen molar-refractivity contribution in [1.82, 2.24) is 9.38 Å². The molecule has 4 aromatic rings. The lowest BCUT2D eigenvalue weighted by atomic mass is 10.0. The third-order valence-electron chi connectivity index (χ3n) is 3.71. The van der Waals surface area contributed by atoms with Crippen LogP contribution in [-0.2, 0) is 0 Å². The fourth-order valence-electron chi connectivity index (χ4n) is 2.56. The summed E-state index contributed by atoms with van der Waals surface area (Å²) in [5, 5.41) is 0.698. The summed E-state index contributed by atoms with van der Waals surface area (Å²) >= 11 is 6.01. The van der Waals surface area contributed by atoms with Crippen LogP contribution >= 0.6 is 11.6 Å². The van der Waals surface area contributed by atoms with Crippen LogP contribution in [0.5, 0.6) is 0 Å². The zero-order valence-corrected chi connectivity index (χ0v) is 14.5. The van der Waals surface area contributed by atoms with Gasteiger partial charge in [-0.25, -0.2) is 4.98 Å². The Morgan fingerprint density at radius 2 is 1.43 bits per heavy atom. The Morgan fingerprint density at radius 1 is 0.783 bits per heavy atom. The van der Waals surface area contributed by atoms with Gasteiger partial charge in [0, 0.05) is 29.0 Å². The van der Waals surface area contributed by atoms with Gasteiger partial charge in [0.1, 0.15) is 5.65 Å². The maximum absolute atomic E-state index is 6.01. The molecule has 0 bridgehead atoms. The Kier molecular flexibility index (Phi) is 4.51. The molecular weight excluding hydrogens is 372 g/mol. The highest BCUT2D eigenvalue weighted by molar-refractivity contribution is 6.30. The van der Waals surface area contributed by atoms with Gasteiger partial charge in [-0.15, -0.1) is 0 Å². The highest BCUT2D eigenvalue weighted by Gasteiger charge is 2.05. The van der Waals surface area contributed by atoms with Crippen molar-refractivity contribution in [3.05, 3.63) is 84.1 Å². The minimum Gasteiger partial charge on any atom is -1.00 e. The van der Waals surface area contributed by atoms with Gasteiger partial charge < -0.3 is 21.4 Å². The molecule has 0 atom stereocenters. The minimum atomic E-state index is 0. The van der Waals surface area contributed by atoms with Gasteiger partial charge in [-0.3, -0.25) is 0 Å². The van der Waals surface area contributed by atoms with Crippen LogP contribution in [0.15, 0.2) is 79.1 Å². The molecule has 2 heterocycles. The van der Waals surface area contributed by atoms with Gasteiger partial charge in [0.25, 0.3) is 0 Å². The quantitative estimate of drug-likeness (QED) is 0.518. The van der Waals surface area contributed by atoms with Gasteiger partial charge >= 0.3 is 0 Å². The van der Waals surface area contributed by atoms with E-state index in [9.17, 15) is 0 Å². The first kappa shape index (κ1) is 15.8. The second-order valence-electron chi connectivity index (χ2n) is 5.18. The molecule has 0 saturated heterocycles. The van der Waals surface area contributed by atoms with Crippen molar-refractivity contribution in [2.24, 2.45) is 0 Å². The minimum absolute atomic E-state index is 0. The summed E-state index contributed by atoms with van der Waals surface area (Å²) in [5.74, 6) is 0. The van der Waals surface area contributed by atoms with E-state index in [4.69, 9.17) is 11.6 Å². The first-order valence-corrected chi connectivity index (χ1v) is 7.47. The molecule has 0 spiro atoms. The van der Waals surface area contributed by atoms with Crippen molar-refractivity contribution in [1.29, 1.82) is 0 Å². The van der Waals surface area contributed by atoms with E-state index < -0.39 is 0 Å². The third-order valence-corrected chi connectivity index (χ3v) is 3.95. The number of rotatable bonds is 2. The SMILES string of the molecule is Clc1ccn2cc(-c3ccc(-c4ccccc4)cc3)nc2c1.[Br-]. The number of fused-ring (bicyclic) bond motifs is 1. The molecular formula is C19H13BrClN2-. The first-order chi connectivity index (χ1) is 10.8. The predicted molar refractivity (Wildman–Crippen MR) is 91.1 cm³/mol. The van der Waals surface area contributed by atoms with Gasteiger partial charge in [-0.05, 0) is 17.2 Å². The van der Waals surface area contributed by atoms with Crippen LogP contribution < -0.4 is 17.0 Å². The molecule has 4 heteroatoms. The summed E-state index contributed by atoms with van der Waals surface area (Å²) in [7, 11) is 0. The second kappa shape index (κ2) is 6.57. The zero-order valence-electron chi connectivity index (χ0n) is 12.2. The second-order valence-corrected chi connectivity index (χ2v) is 5.62. The van der Waals surface area contributed by atoms with Crippen molar-refractivity contribution < 1.29 is 17.0 Å². The summed E-state index contributed by atoms with van der Waals surface area (Å²) < 4.78 is 1.98. The van der Waals surface area contributed by atoms with E-state index in [-0.39, 0.29) is 17.0 Å². The molecule has 2 aromatic heterocycles. The lowest BCUT2D eigenvalue weighted by Crippen LogP contribution is -3.00. The van der Waals surface area contributed by atoms with E-state index in [0.717, 1.165) is 16.9 Å². The van der Waals surface area contributed by atoms with E-state index in [2.05, 4.69) is 53.5 Å². The van der Waals surface area contributed by atoms with Gasteiger partial charge in [-0.1, -0.05) is 66.2 Å². The summed E-state index contributed by atoms with van der Waals surface area (Å²) in [4.78, 5) is 4.62. The van der Waals surface area contributed by atoms with Crippen molar-refractivity contribution in [2.75, 3.05) is 0 Å². The van der Waals surface area contributed by atoms with E-state index in [1.807, 2.05) is 35.0 Å². The van der Waals surface area contributed by atoms with Crippen LogP contribution in [0.4, 0.5) is 0 Å². The number of aromatic nitrogens is 2. The Morgan fingerprint density at radius 3 is 2.17 bits per heavy atom. The topological polar surface area (TPSA) is 17.3 Å². The summed E-state index contributed by atoms with van der Waals surface area (Å²) in [6, 6.07) is 22.5. The van der Waals surface area contributed by atoms with Crippen LogP contribution in [0, 0.1) is 0 Å². The molecule has 0 saturated carbocycles. The van der Waals surface area contributed by atoms with Crippen molar-refractivity contribution in [3.8, 4) is 22.4 Å². The predicted octanol–water partition coefficient (Wildman–Crippen LogP) is 2.33. The van der Waals surface area contributed by atoms with Gasteiger partial charge in [-0.2, -0.15) is 0 Å². The smallest absolute Gasteiger partial charge is 0.138 e. The first-order valence-electron chi connectivity index (χ1n) is 7.10. The molecule has 2 aromatic carbocycles.